The van der Waals surface area contributed by atoms with Crippen LogP contribution in [-0.4, -0.2) is 44.8 Å². The number of aromatic nitrogens is 4. The standard InChI is InChI=1S/C26H26F3N5O4/c1-25(2,3)37-24(35)30-12-13-36-21-11-10-17(14-18(21)26(27,28)29)22-31-23(38-33-22)19-15-20(34(4)32-19)16-8-6-5-7-9-16/h5-11,14-15H,12-13H2,1-4H3,(H,30,35). The summed E-state index contributed by atoms with van der Waals surface area (Å²) in [6.07, 6.45) is -5.40. The molecule has 4 rings (SSSR count). The van der Waals surface area contributed by atoms with Crippen molar-refractivity contribution in [3.8, 4) is 40.0 Å². The van der Waals surface area contributed by atoms with Crippen molar-refractivity contribution in [1.29, 1.82) is 0 Å². The Morgan fingerprint density at radius 1 is 1.05 bits per heavy atom. The lowest BCUT2D eigenvalue weighted by Gasteiger charge is -2.20. The molecule has 9 nitrogen and oxygen atoms in total. The largest absolute Gasteiger partial charge is 0.491 e. The lowest BCUT2D eigenvalue weighted by atomic mass is 10.1. The second-order valence-electron chi connectivity index (χ2n) is 9.31. The highest BCUT2D eigenvalue weighted by Gasteiger charge is 2.35. The number of nitrogens with one attached hydrogen (secondary N) is 1. The number of carbonyl (C=O) groups excluding carboxylic acids is 1. The third-order valence-corrected chi connectivity index (χ3v) is 5.17. The number of hydrogen-bond acceptors (Lipinski definition) is 7. The number of benzene rings is 2. The van der Waals surface area contributed by atoms with Crippen LogP contribution in [0, 0.1) is 0 Å². The molecular weight excluding hydrogens is 503 g/mol. The number of ether oxygens (including phenoxy) is 2. The molecule has 0 aliphatic heterocycles. The van der Waals surface area contributed by atoms with Gasteiger partial charge in [-0.2, -0.15) is 23.3 Å². The maximum absolute atomic E-state index is 13.8. The highest BCUT2D eigenvalue weighted by atomic mass is 19.4. The fourth-order valence-electron chi connectivity index (χ4n) is 3.54. The SMILES string of the molecule is Cn1nc(-c2nc(-c3ccc(OCCNC(=O)OC(C)(C)C)c(C(F)(F)F)c3)no2)cc1-c1ccccc1. The average Bonchev–Trinajstić information content (AvgIpc) is 3.48. The Morgan fingerprint density at radius 3 is 2.47 bits per heavy atom. The van der Waals surface area contributed by atoms with Crippen LogP contribution in [0.3, 0.4) is 0 Å². The summed E-state index contributed by atoms with van der Waals surface area (Å²) in [5, 5.41) is 10.7. The highest BCUT2D eigenvalue weighted by molar-refractivity contribution is 5.68. The van der Waals surface area contributed by atoms with Crippen molar-refractivity contribution in [3.63, 3.8) is 0 Å². The van der Waals surface area contributed by atoms with E-state index in [0.29, 0.717) is 5.69 Å². The first-order valence-corrected chi connectivity index (χ1v) is 11.7. The van der Waals surface area contributed by atoms with Gasteiger partial charge in [-0.05, 0) is 50.6 Å². The van der Waals surface area contributed by atoms with Crippen molar-refractivity contribution < 1.29 is 32.0 Å². The maximum Gasteiger partial charge on any atom is 0.419 e. The number of alkyl carbamates (subject to hydrolysis) is 1. The molecule has 0 radical (unpaired) electrons. The van der Waals surface area contributed by atoms with Gasteiger partial charge in [-0.25, -0.2) is 4.79 Å². The summed E-state index contributed by atoms with van der Waals surface area (Å²) >= 11 is 0. The number of rotatable bonds is 7. The molecule has 0 fully saturated rings. The number of nitrogens with zero attached hydrogens (tertiary/aromatic N) is 4. The van der Waals surface area contributed by atoms with Gasteiger partial charge in [0.1, 0.15) is 18.0 Å². The van der Waals surface area contributed by atoms with Crippen LogP contribution in [0.15, 0.2) is 59.1 Å². The van der Waals surface area contributed by atoms with Crippen LogP contribution in [0.25, 0.3) is 34.2 Å². The second-order valence-corrected chi connectivity index (χ2v) is 9.31. The Labute approximate surface area is 216 Å². The molecule has 0 saturated carbocycles. The van der Waals surface area contributed by atoms with Crippen molar-refractivity contribution in [2.75, 3.05) is 13.2 Å². The second kappa shape index (κ2) is 10.6. The van der Waals surface area contributed by atoms with Gasteiger partial charge in [0.25, 0.3) is 5.89 Å². The van der Waals surface area contributed by atoms with E-state index in [2.05, 4.69) is 20.6 Å². The molecule has 0 atom stereocenters. The van der Waals surface area contributed by atoms with Crippen LogP contribution in [0.5, 0.6) is 5.75 Å². The third kappa shape index (κ3) is 6.50. The number of hydrogen-bond donors (Lipinski definition) is 1. The Morgan fingerprint density at radius 2 is 1.79 bits per heavy atom. The van der Waals surface area contributed by atoms with Crippen molar-refractivity contribution in [2.24, 2.45) is 7.05 Å². The van der Waals surface area contributed by atoms with Gasteiger partial charge in [0.05, 0.1) is 17.8 Å². The molecular formula is C26H26F3N5O4. The van der Waals surface area contributed by atoms with Crippen LogP contribution in [0.2, 0.25) is 0 Å². The molecule has 2 heterocycles. The summed E-state index contributed by atoms with van der Waals surface area (Å²) in [6, 6.07) is 14.8. The summed E-state index contributed by atoms with van der Waals surface area (Å²) in [6.45, 7) is 4.86. The maximum atomic E-state index is 13.8. The molecule has 200 valence electrons. The number of aryl methyl sites for hydroxylation is 1. The van der Waals surface area contributed by atoms with Crippen LogP contribution in [0.4, 0.5) is 18.0 Å². The summed E-state index contributed by atoms with van der Waals surface area (Å²) in [7, 11) is 1.76. The lowest BCUT2D eigenvalue weighted by Crippen LogP contribution is -2.34. The molecule has 0 spiro atoms. The minimum Gasteiger partial charge on any atom is -0.491 e. The van der Waals surface area contributed by atoms with E-state index in [0.717, 1.165) is 17.3 Å². The van der Waals surface area contributed by atoms with Crippen LogP contribution < -0.4 is 10.1 Å². The van der Waals surface area contributed by atoms with Gasteiger partial charge in [0.15, 0.2) is 5.69 Å². The number of halogens is 3. The minimum atomic E-state index is -4.71. The minimum absolute atomic E-state index is 0.0319. The van der Waals surface area contributed by atoms with Crippen molar-refractivity contribution in [2.45, 2.75) is 32.5 Å². The van der Waals surface area contributed by atoms with E-state index in [-0.39, 0.29) is 30.4 Å². The summed E-state index contributed by atoms with van der Waals surface area (Å²) in [4.78, 5) is 15.9. The number of carbonyl (C=O) groups is 1. The van der Waals surface area contributed by atoms with Gasteiger partial charge in [0, 0.05) is 12.6 Å². The molecule has 4 aromatic rings. The molecule has 12 heteroatoms. The first-order chi connectivity index (χ1) is 17.9. The van der Waals surface area contributed by atoms with E-state index in [1.54, 1.807) is 38.6 Å². The van der Waals surface area contributed by atoms with Gasteiger partial charge >= 0.3 is 12.3 Å². The Hall–Kier alpha value is -4.35. The third-order valence-electron chi connectivity index (χ3n) is 5.17. The van der Waals surface area contributed by atoms with E-state index < -0.39 is 29.2 Å². The average molecular weight is 530 g/mol. The molecule has 1 amide bonds. The van der Waals surface area contributed by atoms with Crippen molar-refractivity contribution >= 4 is 6.09 Å². The Kier molecular flexibility index (Phi) is 7.42. The first-order valence-electron chi connectivity index (χ1n) is 11.7. The smallest absolute Gasteiger partial charge is 0.419 e. The highest BCUT2D eigenvalue weighted by Crippen LogP contribution is 2.38. The van der Waals surface area contributed by atoms with Crippen LogP contribution >= 0.6 is 0 Å². The molecule has 1 N–H and O–H groups in total. The zero-order chi connectivity index (χ0) is 27.5. The number of amides is 1. The van der Waals surface area contributed by atoms with E-state index in [1.807, 2.05) is 30.3 Å². The van der Waals surface area contributed by atoms with Gasteiger partial charge in [-0.15, -0.1) is 0 Å². The monoisotopic (exact) mass is 529 g/mol. The zero-order valence-electron chi connectivity index (χ0n) is 21.2. The van der Waals surface area contributed by atoms with Gasteiger partial charge in [0.2, 0.25) is 5.82 Å². The van der Waals surface area contributed by atoms with E-state index in [9.17, 15) is 18.0 Å². The number of alkyl halides is 3. The van der Waals surface area contributed by atoms with Gasteiger partial charge in [-0.1, -0.05) is 35.5 Å². The van der Waals surface area contributed by atoms with Crippen molar-refractivity contribution in [1.82, 2.24) is 25.2 Å². The molecule has 0 bridgehead atoms. The molecule has 0 saturated heterocycles. The summed E-state index contributed by atoms with van der Waals surface area (Å²) in [5.74, 6) is -0.358. The molecule has 0 unspecified atom stereocenters. The Balaban J connectivity index is 1.50. The summed E-state index contributed by atoms with van der Waals surface area (Å²) in [5.41, 5.74) is 0.509. The molecule has 2 aromatic heterocycles. The predicted octanol–water partition coefficient (Wildman–Crippen LogP) is 5.73. The lowest BCUT2D eigenvalue weighted by molar-refractivity contribution is -0.138. The topological polar surface area (TPSA) is 104 Å². The van der Waals surface area contributed by atoms with Crippen LogP contribution in [-0.2, 0) is 18.0 Å². The first kappa shape index (κ1) is 26.7. The van der Waals surface area contributed by atoms with E-state index >= 15 is 0 Å². The normalized spacial score (nSPS) is 11.9. The van der Waals surface area contributed by atoms with E-state index in [4.69, 9.17) is 14.0 Å². The molecule has 2 aromatic carbocycles. The Bertz CT molecular complexity index is 1410. The predicted molar refractivity (Wildman–Crippen MR) is 132 cm³/mol. The zero-order valence-corrected chi connectivity index (χ0v) is 21.2. The molecule has 0 aliphatic rings. The fourth-order valence-corrected chi connectivity index (χ4v) is 3.54. The van der Waals surface area contributed by atoms with Gasteiger partial charge in [-0.3, -0.25) is 4.68 Å². The molecule has 0 aliphatic carbocycles. The molecule has 38 heavy (non-hydrogen) atoms. The van der Waals surface area contributed by atoms with E-state index in [1.165, 1.54) is 12.1 Å². The quantitative estimate of drug-likeness (QED) is 0.305. The van der Waals surface area contributed by atoms with Crippen molar-refractivity contribution in [3.05, 3.63) is 60.2 Å². The van der Waals surface area contributed by atoms with Gasteiger partial charge < -0.3 is 19.3 Å². The fraction of sp³-hybridized carbons (Fsp3) is 0.308. The van der Waals surface area contributed by atoms with Crippen LogP contribution in [0.1, 0.15) is 26.3 Å². The summed E-state index contributed by atoms with van der Waals surface area (Å²) < 4.78 is 58.7.